The van der Waals surface area contributed by atoms with Gasteiger partial charge in [-0.15, -0.1) is 11.3 Å². The SMILES string of the molecule is CNCCCc1csc(CCN2CCN(C)CC2)n1. The minimum atomic E-state index is 1.08. The third kappa shape index (κ3) is 5.18. The van der Waals surface area contributed by atoms with E-state index in [0.29, 0.717) is 0 Å². The summed E-state index contributed by atoms with van der Waals surface area (Å²) in [4.78, 5) is 9.70. The number of thiazole rings is 1. The second-order valence-electron chi connectivity index (χ2n) is 5.33. The summed E-state index contributed by atoms with van der Waals surface area (Å²) in [7, 11) is 4.21. The van der Waals surface area contributed by atoms with Crippen LogP contribution in [-0.4, -0.2) is 68.1 Å². The second-order valence-corrected chi connectivity index (χ2v) is 6.28. The molecule has 108 valence electrons. The molecule has 19 heavy (non-hydrogen) atoms. The summed E-state index contributed by atoms with van der Waals surface area (Å²) in [5.41, 5.74) is 1.27. The molecule has 0 spiro atoms. The summed E-state index contributed by atoms with van der Waals surface area (Å²) >= 11 is 1.83. The van der Waals surface area contributed by atoms with E-state index in [1.165, 1.54) is 43.3 Å². The molecule has 2 heterocycles. The van der Waals surface area contributed by atoms with E-state index in [2.05, 4.69) is 27.5 Å². The monoisotopic (exact) mass is 282 g/mol. The molecule has 1 aromatic rings. The van der Waals surface area contributed by atoms with Gasteiger partial charge >= 0.3 is 0 Å². The van der Waals surface area contributed by atoms with Crippen LogP contribution in [0.3, 0.4) is 0 Å². The van der Waals surface area contributed by atoms with E-state index < -0.39 is 0 Å². The lowest BCUT2D eigenvalue weighted by atomic mass is 10.2. The first-order chi connectivity index (χ1) is 9.28. The average molecular weight is 282 g/mol. The zero-order chi connectivity index (χ0) is 13.5. The molecule has 0 unspecified atom stereocenters. The van der Waals surface area contributed by atoms with Gasteiger partial charge in [0, 0.05) is 44.5 Å². The second kappa shape index (κ2) is 7.94. The lowest BCUT2D eigenvalue weighted by Crippen LogP contribution is -2.45. The minimum Gasteiger partial charge on any atom is -0.320 e. The molecule has 0 atom stereocenters. The zero-order valence-corrected chi connectivity index (χ0v) is 13.0. The number of hydrogen-bond donors (Lipinski definition) is 1. The molecule has 1 fully saturated rings. The number of nitrogens with zero attached hydrogens (tertiary/aromatic N) is 3. The fourth-order valence-electron chi connectivity index (χ4n) is 2.35. The standard InChI is InChI=1S/C14H26N4S/c1-15-6-3-4-13-12-19-14(16-13)5-7-18-10-8-17(2)9-11-18/h12,15H,3-11H2,1-2H3. The highest BCUT2D eigenvalue weighted by atomic mass is 32.1. The Morgan fingerprint density at radius 1 is 1.26 bits per heavy atom. The number of likely N-dealkylation sites (N-methyl/N-ethyl adjacent to an activating group) is 1. The molecule has 1 aliphatic rings. The van der Waals surface area contributed by atoms with Gasteiger partial charge in [-0.05, 0) is 33.5 Å². The Kier molecular flexibility index (Phi) is 6.23. The van der Waals surface area contributed by atoms with Crippen molar-refractivity contribution in [3.63, 3.8) is 0 Å². The van der Waals surface area contributed by atoms with Gasteiger partial charge in [0.1, 0.15) is 0 Å². The lowest BCUT2D eigenvalue weighted by molar-refractivity contribution is 0.155. The van der Waals surface area contributed by atoms with Gasteiger partial charge in [0.25, 0.3) is 0 Å². The van der Waals surface area contributed by atoms with E-state index in [1.807, 2.05) is 18.4 Å². The largest absolute Gasteiger partial charge is 0.320 e. The van der Waals surface area contributed by atoms with Crippen molar-refractivity contribution in [2.75, 3.05) is 53.4 Å². The summed E-state index contributed by atoms with van der Waals surface area (Å²) in [6.07, 6.45) is 3.39. The predicted molar refractivity (Wildman–Crippen MR) is 82.0 cm³/mol. The Labute approximate surface area is 120 Å². The maximum atomic E-state index is 4.74. The van der Waals surface area contributed by atoms with Crippen LogP contribution in [0.1, 0.15) is 17.1 Å². The van der Waals surface area contributed by atoms with E-state index in [4.69, 9.17) is 4.98 Å². The topological polar surface area (TPSA) is 31.4 Å². The smallest absolute Gasteiger partial charge is 0.0941 e. The first-order valence-corrected chi connectivity index (χ1v) is 8.14. The lowest BCUT2D eigenvalue weighted by Gasteiger charge is -2.32. The Hall–Kier alpha value is -0.490. The van der Waals surface area contributed by atoms with Crippen LogP contribution in [-0.2, 0) is 12.8 Å². The van der Waals surface area contributed by atoms with Crippen LogP contribution < -0.4 is 5.32 Å². The van der Waals surface area contributed by atoms with Crippen LogP contribution in [0.2, 0.25) is 0 Å². The van der Waals surface area contributed by atoms with Crippen LogP contribution >= 0.6 is 11.3 Å². The summed E-state index contributed by atoms with van der Waals surface area (Å²) in [5, 5.41) is 6.72. The maximum Gasteiger partial charge on any atom is 0.0941 e. The summed E-state index contributed by atoms with van der Waals surface area (Å²) in [6, 6.07) is 0. The molecule has 0 aromatic carbocycles. The van der Waals surface area contributed by atoms with Crippen LogP contribution in [0, 0.1) is 0 Å². The Bertz CT molecular complexity index is 358. The highest BCUT2D eigenvalue weighted by Gasteiger charge is 2.13. The van der Waals surface area contributed by atoms with Gasteiger partial charge in [0.05, 0.1) is 10.7 Å². The van der Waals surface area contributed by atoms with Gasteiger partial charge < -0.3 is 15.1 Å². The molecule has 1 aliphatic heterocycles. The molecule has 0 amide bonds. The van der Waals surface area contributed by atoms with Crippen LogP contribution in [0.4, 0.5) is 0 Å². The Balaban J connectivity index is 1.68. The van der Waals surface area contributed by atoms with Crippen molar-refractivity contribution in [1.29, 1.82) is 0 Å². The van der Waals surface area contributed by atoms with Crippen LogP contribution in [0.15, 0.2) is 5.38 Å². The number of aromatic nitrogens is 1. The van der Waals surface area contributed by atoms with E-state index in [0.717, 1.165) is 25.9 Å². The normalized spacial score (nSPS) is 18.0. The fraction of sp³-hybridized carbons (Fsp3) is 0.786. The quantitative estimate of drug-likeness (QED) is 0.759. The molecule has 0 bridgehead atoms. The van der Waals surface area contributed by atoms with Crippen molar-refractivity contribution in [2.45, 2.75) is 19.3 Å². The van der Waals surface area contributed by atoms with Gasteiger partial charge in [-0.1, -0.05) is 0 Å². The van der Waals surface area contributed by atoms with Crippen molar-refractivity contribution in [3.8, 4) is 0 Å². The van der Waals surface area contributed by atoms with Crippen LogP contribution in [0.25, 0.3) is 0 Å². The van der Waals surface area contributed by atoms with Crippen molar-refractivity contribution >= 4 is 11.3 Å². The summed E-state index contributed by atoms with van der Waals surface area (Å²) < 4.78 is 0. The molecule has 0 saturated carbocycles. The van der Waals surface area contributed by atoms with Crippen molar-refractivity contribution < 1.29 is 0 Å². The van der Waals surface area contributed by atoms with Gasteiger partial charge in [-0.2, -0.15) is 0 Å². The summed E-state index contributed by atoms with van der Waals surface area (Å²) in [5.74, 6) is 0. The highest BCUT2D eigenvalue weighted by Crippen LogP contribution is 2.13. The number of hydrogen-bond acceptors (Lipinski definition) is 5. The number of piperazine rings is 1. The Morgan fingerprint density at radius 2 is 2.05 bits per heavy atom. The predicted octanol–water partition coefficient (Wildman–Crippen LogP) is 1.08. The number of nitrogens with one attached hydrogen (secondary N) is 1. The molecule has 1 aromatic heterocycles. The van der Waals surface area contributed by atoms with E-state index in [-0.39, 0.29) is 0 Å². The van der Waals surface area contributed by atoms with Gasteiger partial charge in [-0.25, -0.2) is 4.98 Å². The summed E-state index contributed by atoms with van der Waals surface area (Å²) in [6.45, 7) is 7.06. The first-order valence-electron chi connectivity index (χ1n) is 7.26. The van der Waals surface area contributed by atoms with E-state index in [9.17, 15) is 0 Å². The molecule has 1 N–H and O–H groups in total. The fourth-order valence-corrected chi connectivity index (χ4v) is 3.17. The first kappa shape index (κ1) is 14.9. The van der Waals surface area contributed by atoms with Crippen molar-refractivity contribution in [2.24, 2.45) is 0 Å². The zero-order valence-electron chi connectivity index (χ0n) is 12.2. The number of aryl methyl sites for hydroxylation is 1. The van der Waals surface area contributed by atoms with E-state index in [1.54, 1.807) is 0 Å². The van der Waals surface area contributed by atoms with Crippen molar-refractivity contribution in [3.05, 3.63) is 16.1 Å². The molecule has 2 rings (SSSR count). The molecular weight excluding hydrogens is 256 g/mol. The minimum absolute atomic E-state index is 1.08. The van der Waals surface area contributed by atoms with Gasteiger partial charge in [-0.3, -0.25) is 0 Å². The maximum absolute atomic E-state index is 4.74. The van der Waals surface area contributed by atoms with E-state index >= 15 is 0 Å². The molecule has 0 aliphatic carbocycles. The third-order valence-electron chi connectivity index (χ3n) is 3.70. The molecule has 1 saturated heterocycles. The number of rotatable bonds is 7. The van der Waals surface area contributed by atoms with Crippen molar-refractivity contribution in [1.82, 2.24) is 20.1 Å². The molecule has 5 heteroatoms. The molecule has 4 nitrogen and oxygen atoms in total. The highest BCUT2D eigenvalue weighted by molar-refractivity contribution is 7.09. The Morgan fingerprint density at radius 3 is 2.79 bits per heavy atom. The van der Waals surface area contributed by atoms with Crippen LogP contribution in [0.5, 0.6) is 0 Å². The van der Waals surface area contributed by atoms with Gasteiger partial charge in [0.2, 0.25) is 0 Å². The third-order valence-corrected chi connectivity index (χ3v) is 4.65. The van der Waals surface area contributed by atoms with Gasteiger partial charge in [0.15, 0.2) is 0 Å². The molecule has 0 radical (unpaired) electrons. The molecular formula is C14H26N4S. The average Bonchev–Trinajstić information content (AvgIpc) is 2.86.